The Morgan fingerprint density at radius 2 is 2.04 bits per heavy atom. The highest BCUT2D eigenvalue weighted by atomic mass is 127. The van der Waals surface area contributed by atoms with Crippen LogP contribution < -0.4 is 5.32 Å². The monoisotopic (exact) mass is 458 g/mol. The SMILES string of the molecule is Cc1nn(C)c2nc(-c3ccco3)cc(C(=O)Nc3ccccc3I)c12. The van der Waals surface area contributed by atoms with Gasteiger partial charge >= 0.3 is 0 Å². The topological polar surface area (TPSA) is 73.0 Å². The number of halogens is 1. The van der Waals surface area contributed by atoms with Crippen molar-refractivity contribution in [2.24, 2.45) is 7.05 Å². The number of fused-ring (bicyclic) bond motifs is 1. The van der Waals surface area contributed by atoms with Crippen molar-refractivity contribution in [3.05, 3.63) is 63.6 Å². The van der Waals surface area contributed by atoms with Crippen LogP contribution in [0.1, 0.15) is 16.1 Å². The highest BCUT2D eigenvalue weighted by Crippen LogP contribution is 2.28. The number of anilines is 1. The number of benzene rings is 1. The van der Waals surface area contributed by atoms with Crippen LogP contribution in [0.4, 0.5) is 5.69 Å². The Bertz CT molecular complexity index is 1120. The van der Waals surface area contributed by atoms with Crippen LogP contribution in [0.15, 0.2) is 53.1 Å². The second kappa shape index (κ2) is 6.56. The summed E-state index contributed by atoms with van der Waals surface area (Å²) in [6, 6.07) is 13.0. The fourth-order valence-electron chi connectivity index (χ4n) is 2.93. The molecule has 3 aromatic heterocycles. The summed E-state index contributed by atoms with van der Waals surface area (Å²) in [6.07, 6.45) is 1.59. The van der Waals surface area contributed by atoms with Gasteiger partial charge in [0.2, 0.25) is 0 Å². The summed E-state index contributed by atoms with van der Waals surface area (Å²) < 4.78 is 8.11. The molecule has 1 amide bonds. The number of furan rings is 1. The summed E-state index contributed by atoms with van der Waals surface area (Å²) in [6.45, 7) is 1.87. The fourth-order valence-corrected chi connectivity index (χ4v) is 3.45. The Balaban J connectivity index is 1.87. The standard InChI is InChI=1S/C19H15IN4O2/c1-11-17-12(19(25)22-14-7-4-3-6-13(14)20)10-15(16-8-5-9-26-16)21-18(17)24(2)23-11/h3-10H,1-2H3,(H,22,25). The van der Waals surface area contributed by atoms with E-state index < -0.39 is 0 Å². The third kappa shape index (κ3) is 2.88. The van der Waals surface area contributed by atoms with Crippen molar-refractivity contribution in [1.82, 2.24) is 14.8 Å². The van der Waals surface area contributed by atoms with E-state index in [1.165, 1.54) is 0 Å². The van der Waals surface area contributed by atoms with Crippen molar-refractivity contribution in [2.75, 3.05) is 5.32 Å². The van der Waals surface area contributed by atoms with E-state index in [9.17, 15) is 4.79 Å². The maximum atomic E-state index is 13.1. The maximum Gasteiger partial charge on any atom is 0.256 e. The Morgan fingerprint density at radius 3 is 2.77 bits per heavy atom. The number of carbonyl (C=O) groups excluding carboxylic acids is 1. The molecule has 0 saturated carbocycles. The van der Waals surface area contributed by atoms with E-state index in [4.69, 9.17) is 4.42 Å². The molecule has 3 heterocycles. The average molecular weight is 458 g/mol. The minimum atomic E-state index is -0.203. The van der Waals surface area contributed by atoms with Gasteiger partial charge in [-0.25, -0.2) is 4.98 Å². The first kappa shape index (κ1) is 16.8. The fraction of sp³-hybridized carbons (Fsp3) is 0.105. The van der Waals surface area contributed by atoms with Gasteiger partial charge < -0.3 is 9.73 Å². The zero-order valence-corrected chi connectivity index (χ0v) is 16.3. The molecule has 1 aromatic carbocycles. The van der Waals surface area contributed by atoms with Gasteiger partial charge in [-0.15, -0.1) is 0 Å². The van der Waals surface area contributed by atoms with E-state index in [0.29, 0.717) is 22.7 Å². The normalized spacial score (nSPS) is 11.0. The lowest BCUT2D eigenvalue weighted by Crippen LogP contribution is -2.14. The number of nitrogens with zero attached hydrogens (tertiary/aromatic N) is 3. The first-order valence-corrected chi connectivity index (χ1v) is 9.06. The number of amides is 1. The molecule has 0 fully saturated rings. The first-order valence-electron chi connectivity index (χ1n) is 7.98. The maximum absolute atomic E-state index is 13.1. The number of aromatic nitrogens is 3. The highest BCUT2D eigenvalue weighted by Gasteiger charge is 2.20. The molecule has 0 aliphatic heterocycles. The van der Waals surface area contributed by atoms with Gasteiger partial charge in [0.05, 0.1) is 28.6 Å². The van der Waals surface area contributed by atoms with Crippen LogP contribution in [-0.2, 0) is 7.05 Å². The second-order valence-electron chi connectivity index (χ2n) is 5.87. The molecular weight excluding hydrogens is 443 g/mol. The molecule has 1 N–H and O–H groups in total. The number of para-hydroxylation sites is 1. The van der Waals surface area contributed by atoms with Crippen LogP contribution in [-0.4, -0.2) is 20.7 Å². The predicted octanol–water partition coefficient (Wildman–Crippen LogP) is 4.39. The van der Waals surface area contributed by atoms with Gasteiger partial charge in [-0.3, -0.25) is 9.48 Å². The Morgan fingerprint density at radius 1 is 1.23 bits per heavy atom. The summed E-state index contributed by atoms with van der Waals surface area (Å²) in [5.41, 5.74) is 3.28. The van der Waals surface area contributed by atoms with Crippen molar-refractivity contribution >= 4 is 45.2 Å². The third-order valence-electron chi connectivity index (χ3n) is 4.11. The van der Waals surface area contributed by atoms with Crippen LogP contribution in [0.2, 0.25) is 0 Å². The average Bonchev–Trinajstić information content (AvgIpc) is 3.25. The van der Waals surface area contributed by atoms with E-state index >= 15 is 0 Å². The number of pyridine rings is 1. The Kier molecular flexibility index (Phi) is 4.23. The van der Waals surface area contributed by atoms with Crippen molar-refractivity contribution in [2.45, 2.75) is 6.92 Å². The van der Waals surface area contributed by atoms with E-state index in [2.05, 4.69) is 38.0 Å². The van der Waals surface area contributed by atoms with E-state index in [-0.39, 0.29) is 5.91 Å². The minimum absolute atomic E-state index is 0.203. The second-order valence-corrected chi connectivity index (χ2v) is 7.04. The molecule has 6 nitrogen and oxygen atoms in total. The molecular formula is C19H15IN4O2. The van der Waals surface area contributed by atoms with Crippen molar-refractivity contribution < 1.29 is 9.21 Å². The molecule has 26 heavy (non-hydrogen) atoms. The molecule has 0 aliphatic rings. The van der Waals surface area contributed by atoms with Crippen molar-refractivity contribution in [3.63, 3.8) is 0 Å². The number of carbonyl (C=O) groups is 1. The summed E-state index contributed by atoms with van der Waals surface area (Å²) in [4.78, 5) is 17.7. The van der Waals surface area contributed by atoms with Gasteiger partial charge in [-0.05, 0) is 59.8 Å². The lowest BCUT2D eigenvalue weighted by Gasteiger charge is -2.09. The third-order valence-corrected chi connectivity index (χ3v) is 5.05. The van der Waals surface area contributed by atoms with Gasteiger partial charge in [0.15, 0.2) is 11.4 Å². The van der Waals surface area contributed by atoms with Crippen LogP contribution in [0.5, 0.6) is 0 Å². The summed E-state index contributed by atoms with van der Waals surface area (Å²) in [7, 11) is 1.82. The Hall–Kier alpha value is -2.68. The summed E-state index contributed by atoms with van der Waals surface area (Å²) in [5.74, 6) is 0.402. The zero-order chi connectivity index (χ0) is 18.3. The molecule has 0 bridgehead atoms. The largest absolute Gasteiger partial charge is 0.463 e. The van der Waals surface area contributed by atoms with Crippen LogP contribution in [0.3, 0.4) is 0 Å². The van der Waals surface area contributed by atoms with Crippen LogP contribution >= 0.6 is 22.6 Å². The molecule has 0 unspecified atom stereocenters. The van der Waals surface area contributed by atoms with Gasteiger partial charge in [0, 0.05) is 10.6 Å². The molecule has 0 spiro atoms. The lowest BCUT2D eigenvalue weighted by atomic mass is 10.1. The molecule has 7 heteroatoms. The molecule has 0 radical (unpaired) electrons. The van der Waals surface area contributed by atoms with Gasteiger partial charge in [0.1, 0.15) is 5.69 Å². The predicted molar refractivity (Wildman–Crippen MR) is 108 cm³/mol. The zero-order valence-electron chi connectivity index (χ0n) is 14.2. The van der Waals surface area contributed by atoms with Crippen molar-refractivity contribution in [3.8, 4) is 11.5 Å². The summed E-state index contributed by atoms with van der Waals surface area (Å²) >= 11 is 2.20. The number of hydrogen-bond donors (Lipinski definition) is 1. The van der Waals surface area contributed by atoms with Gasteiger partial charge in [0.25, 0.3) is 5.91 Å². The van der Waals surface area contributed by atoms with Gasteiger partial charge in [-0.2, -0.15) is 5.10 Å². The van der Waals surface area contributed by atoms with E-state index in [0.717, 1.165) is 20.3 Å². The molecule has 130 valence electrons. The molecule has 0 aliphatic carbocycles. The van der Waals surface area contributed by atoms with Crippen LogP contribution in [0.25, 0.3) is 22.5 Å². The lowest BCUT2D eigenvalue weighted by molar-refractivity contribution is 0.102. The smallest absolute Gasteiger partial charge is 0.256 e. The molecule has 4 aromatic rings. The van der Waals surface area contributed by atoms with E-state index in [1.54, 1.807) is 23.1 Å². The van der Waals surface area contributed by atoms with Crippen LogP contribution in [0, 0.1) is 10.5 Å². The number of rotatable bonds is 3. The number of nitrogens with one attached hydrogen (secondary N) is 1. The minimum Gasteiger partial charge on any atom is -0.463 e. The van der Waals surface area contributed by atoms with Gasteiger partial charge in [-0.1, -0.05) is 12.1 Å². The van der Waals surface area contributed by atoms with E-state index in [1.807, 2.05) is 44.3 Å². The quantitative estimate of drug-likeness (QED) is 0.463. The molecule has 4 rings (SSSR count). The first-order chi connectivity index (χ1) is 12.5. The number of hydrogen-bond acceptors (Lipinski definition) is 4. The number of aryl methyl sites for hydroxylation is 2. The summed E-state index contributed by atoms with van der Waals surface area (Å²) in [5, 5.41) is 8.15. The Labute approximate surface area is 163 Å². The highest BCUT2D eigenvalue weighted by molar-refractivity contribution is 14.1. The van der Waals surface area contributed by atoms with Crippen molar-refractivity contribution in [1.29, 1.82) is 0 Å². The molecule has 0 atom stereocenters. The molecule has 0 saturated heterocycles.